The molecule has 1 aliphatic heterocycles. The number of ether oxygens (including phenoxy) is 4. The number of phenolic OH excluding ortho intramolecular Hbond substituents is 1. The van der Waals surface area contributed by atoms with E-state index in [1.165, 1.54) is 14.2 Å². The van der Waals surface area contributed by atoms with Gasteiger partial charge in [-0.1, -0.05) is 0 Å². The lowest BCUT2D eigenvalue weighted by Gasteiger charge is -2.23. The van der Waals surface area contributed by atoms with Crippen molar-refractivity contribution in [1.82, 2.24) is 0 Å². The van der Waals surface area contributed by atoms with Crippen LogP contribution in [0.1, 0.15) is 5.56 Å². The average molecular weight is 254 g/mol. The molecule has 1 saturated heterocycles. The largest absolute Gasteiger partial charge is 0.502 e. The van der Waals surface area contributed by atoms with Gasteiger partial charge in [0, 0.05) is 6.42 Å². The van der Waals surface area contributed by atoms with E-state index in [-0.39, 0.29) is 11.9 Å². The molecule has 5 nitrogen and oxygen atoms in total. The van der Waals surface area contributed by atoms with Gasteiger partial charge in [0.25, 0.3) is 0 Å². The van der Waals surface area contributed by atoms with Crippen molar-refractivity contribution in [2.24, 2.45) is 0 Å². The quantitative estimate of drug-likeness (QED) is 0.879. The molecule has 1 N–H and O–H groups in total. The van der Waals surface area contributed by atoms with Crippen LogP contribution in [0.2, 0.25) is 0 Å². The van der Waals surface area contributed by atoms with E-state index < -0.39 is 0 Å². The number of hydrogen-bond acceptors (Lipinski definition) is 5. The predicted octanol–water partition coefficient (Wildman–Crippen LogP) is 1.37. The molecule has 0 bridgehead atoms. The summed E-state index contributed by atoms with van der Waals surface area (Å²) in [5, 5.41) is 9.81. The van der Waals surface area contributed by atoms with E-state index in [1.807, 2.05) is 0 Å². The fourth-order valence-corrected chi connectivity index (χ4v) is 1.98. The number of methoxy groups -OCH3 is 2. The van der Waals surface area contributed by atoms with Crippen molar-refractivity contribution in [3.8, 4) is 17.2 Å². The molecule has 0 radical (unpaired) electrons. The summed E-state index contributed by atoms with van der Waals surface area (Å²) in [6, 6.07) is 3.58. The molecule has 0 aromatic heterocycles. The summed E-state index contributed by atoms with van der Waals surface area (Å²) in [7, 11) is 3.02. The summed E-state index contributed by atoms with van der Waals surface area (Å²) in [4.78, 5) is 0. The monoisotopic (exact) mass is 254 g/mol. The standard InChI is InChI=1S/C13H18O5/c1-15-11-6-9(7-12(16-2)13(11)14)5-10-8-17-3-4-18-10/h6-7,10,14H,3-5,8H2,1-2H3. The smallest absolute Gasteiger partial charge is 0.200 e. The Balaban J connectivity index is 2.16. The van der Waals surface area contributed by atoms with Crippen LogP contribution in [0.25, 0.3) is 0 Å². The van der Waals surface area contributed by atoms with Crippen LogP contribution in [0, 0.1) is 0 Å². The summed E-state index contributed by atoms with van der Waals surface area (Å²) >= 11 is 0. The van der Waals surface area contributed by atoms with Gasteiger partial charge in [0.05, 0.1) is 40.1 Å². The zero-order valence-electron chi connectivity index (χ0n) is 10.6. The zero-order chi connectivity index (χ0) is 13.0. The topological polar surface area (TPSA) is 57.2 Å². The molecule has 5 heteroatoms. The van der Waals surface area contributed by atoms with Crippen LogP contribution in [0.15, 0.2) is 12.1 Å². The van der Waals surface area contributed by atoms with Crippen LogP contribution in [0.4, 0.5) is 0 Å². The normalized spacial score (nSPS) is 19.6. The van der Waals surface area contributed by atoms with Gasteiger partial charge < -0.3 is 24.1 Å². The molecule has 18 heavy (non-hydrogen) atoms. The number of benzene rings is 1. The molecule has 1 aromatic rings. The highest BCUT2D eigenvalue weighted by Crippen LogP contribution is 2.37. The maximum Gasteiger partial charge on any atom is 0.200 e. The molecule has 1 atom stereocenters. The van der Waals surface area contributed by atoms with Crippen molar-refractivity contribution in [1.29, 1.82) is 0 Å². The van der Waals surface area contributed by atoms with Crippen LogP contribution in [-0.2, 0) is 15.9 Å². The Morgan fingerprint density at radius 3 is 2.39 bits per heavy atom. The minimum atomic E-state index is 0.0181. The SMILES string of the molecule is COc1cc(CC2COCCO2)cc(OC)c1O. The number of rotatable bonds is 4. The lowest BCUT2D eigenvalue weighted by Crippen LogP contribution is -2.30. The first-order valence-corrected chi connectivity index (χ1v) is 5.87. The second-order valence-electron chi connectivity index (χ2n) is 4.12. The molecular formula is C13H18O5. The molecule has 1 fully saturated rings. The fraction of sp³-hybridized carbons (Fsp3) is 0.538. The molecule has 1 aromatic carbocycles. The van der Waals surface area contributed by atoms with Crippen molar-refractivity contribution in [2.45, 2.75) is 12.5 Å². The maximum absolute atomic E-state index is 9.81. The molecule has 0 saturated carbocycles. The van der Waals surface area contributed by atoms with Crippen molar-refractivity contribution in [2.75, 3.05) is 34.0 Å². The van der Waals surface area contributed by atoms with E-state index in [1.54, 1.807) is 12.1 Å². The highest BCUT2D eigenvalue weighted by Gasteiger charge is 2.18. The summed E-state index contributed by atoms with van der Waals surface area (Å²) < 4.78 is 21.2. The third kappa shape index (κ3) is 2.86. The Hall–Kier alpha value is -1.46. The van der Waals surface area contributed by atoms with E-state index in [0.29, 0.717) is 37.7 Å². The summed E-state index contributed by atoms with van der Waals surface area (Å²) in [5.74, 6) is 0.826. The zero-order valence-corrected chi connectivity index (χ0v) is 10.6. The number of aromatic hydroxyl groups is 1. The average Bonchev–Trinajstić information content (AvgIpc) is 2.41. The molecular weight excluding hydrogens is 236 g/mol. The van der Waals surface area contributed by atoms with Crippen molar-refractivity contribution in [3.05, 3.63) is 17.7 Å². The number of hydrogen-bond donors (Lipinski definition) is 1. The van der Waals surface area contributed by atoms with E-state index >= 15 is 0 Å². The Kier molecular flexibility index (Phi) is 4.28. The summed E-state index contributed by atoms with van der Waals surface area (Å²) in [6.07, 6.45) is 0.741. The molecule has 100 valence electrons. The Bertz CT molecular complexity index is 373. The van der Waals surface area contributed by atoms with Crippen LogP contribution in [0.3, 0.4) is 0 Å². The van der Waals surface area contributed by atoms with Crippen molar-refractivity contribution >= 4 is 0 Å². The lowest BCUT2D eigenvalue weighted by atomic mass is 10.1. The van der Waals surface area contributed by atoms with Crippen molar-refractivity contribution < 1.29 is 24.1 Å². The second-order valence-corrected chi connectivity index (χ2v) is 4.12. The molecule has 0 spiro atoms. The number of phenols is 1. The van der Waals surface area contributed by atoms with E-state index in [9.17, 15) is 5.11 Å². The molecule has 1 unspecified atom stereocenters. The first-order chi connectivity index (χ1) is 8.74. The Morgan fingerprint density at radius 1 is 1.22 bits per heavy atom. The highest BCUT2D eigenvalue weighted by atomic mass is 16.6. The summed E-state index contributed by atoms with van der Waals surface area (Å²) in [5.41, 5.74) is 0.983. The molecule has 0 aliphatic carbocycles. The first-order valence-electron chi connectivity index (χ1n) is 5.87. The molecule has 0 amide bonds. The van der Waals surface area contributed by atoms with Crippen LogP contribution < -0.4 is 9.47 Å². The van der Waals surface area contributed by atoms with Gasteiger partial charge in [-0.15, -0.1) is 0 Å². The fourth-order valence-electron chi connectivity index (χ4n) is 1.98. The highest BCUT2D eigenvalue weighted by molar-refractivity contribution is 5.52. The third-order valence-electron chi connectivity index (χ3n) is 2.89. The van der Waals surface area contributed by atoms with Gasteiger partial charge in [0.15, 0.2) is 11.5 Å². The maximum atomic E-state index is 9.81. The first kappa shape index (κ1) is 13.0. The van der Waals surface area contributed by atoms with E-state index in [0.717, 1.165) is 5.56 Å². The van der Waals surface area contributed by atoms with Gasteiger partial charge >= 0.3 is 0 Å². The molecule has 1 heterocycles. The predicted molar refractivity (Wildman–Crippen MR) is 65.5 cm³/mol. The van der Waals surface area contributed by atoms with Crippen LogP contribution >= 0.6 is 0 Å². The Morgan fingerprint density at radius 2 is 1.89 bits per heavy atom. The second kappa shape index (κ2) is 5.93. The van der Waals surface area contributed by atoms with Crippen LogP contribution in [-0.4, -0.2) is 45.3 Å². The van der Waals surface area contributed by atoms with Crippen LogP contribution in [0.5, 0.6) is 17.2 Å². The molecule has 1 aliphatic rings. The van der Waals surface area contributed by atoms with Gasteiger partial charge in [-0.25, -0.2) is 0 Å². The minimum Gasteiger partial charge on any atom is -0.502 e. The molecule has 2 rings (SSSR count). The van der Waals surface area contributed by atoms with Gasteiger partial charge in [0.2, 0.25) is 5.75 Å². The van der Waals surface area contributed by atoms with Gasteiger partial charge in [-0.3, -0.25) is 0 Å². The summed E-state index contributed by atoms with van der Waals surface area (Å²) in [6.45, 7) is 1.86. The third-order valence-corrected chi connectivity index (χ3v) is 2.89. The lowest BCUT2D eigenvalue weighted by molar-refractivity contribution is -0.0872. The van der Waals surface area contributed by atoms with E-state index in [2.05, 4.69) is 0 Å². The van der Waals surface area contributed by atoms with E-state index in [4.69, 9.17) is 18.9 Å². The van der Waals surface area contributed by atoms with Crippen molar-refractivity contribution in [3.63, 3.8) is 0 Å². The van der Waals surface area contributed by atoms with Gasteiger partial charge in [-0.05, 0) is 17.7 Å². The van der Waals surface area contributed by atoms with Gasteiger partial charge in [-0.2, -0.15) is 0 Å². The minimum absolute atomic E-state index is 0.0181. The van der Waals surface area contributed by atoms with Gasteiger partial charge in [0.1, 0.15) is 0 Å². The Labute approximate surface area is 106 Å².